The Morgan fingerprint density at radius 2 is 1.94 bits per heavy atom. The first-order valence-corrected chi connectivity index (χ1v) is 6.12. The van der Waals surface area contributed by atoms with E-state index in [9.17, 15) is 4.79 Å². The van der Waals surface area contributed by atoms with Crippen molar-refractivity contribution in [2.75, 3.05) is 5.73 Å². The van der Waals surface area contributed by atoms with E-state index in [0.29, 0.717) is 11.4 Å². The maximum atomic E-state index is 12.1. The van der Waals surface area contributed by atoms with Crippen LogP contribution in [0.1, 0.15) is 51.5 Å². The predicted octanol–water partition coefficient (Wildman–Crippen LogP) is 1.95. The SMILES string of the molecule is Cn1cc(N)c(C(=O)NC(C)(C)CC(C)(C)C)n1. The number of nitrogens with zero attached hydrogens (tertiary/aromatic N) is 2. The molecule has 0 bridgehead atoms. The van der Waals surface area contributed by atoms with E-state index in [0.717, 1.165) is 6.42 Å². The molecule has 1 aromatic rings. The molecule has 0 fully saturated rings. The van der Waals surface area contributed by atoms with Gasteiger partial charge in [0.05, 0.1) is 5.69 Å². The zero-order chi connectivity index (χ0) is 14.1. The zero-order valence-corrected chi connectivity index (χ0v) is 12.2. The molecule has 0 radical (unpaired) electrons. The summed E-state index contributed by atoms with van der Waals surface area (Å²) >= 11 is 0. The van der Waals surface area contributed by atoms with Gasteiger partial charge in [0.25, 0.3) is 5.91 Å². The molecule has 0 aliphatic carbocycles. The molecular weight excluding hydrogens is 228 g/mol. The van der Waals surface area contributed by atoms with Gasteiger partial charge in [-0.3, -0.25) is 9.48 Å². The van der Waals surface area contributed by atoms with Crippen molar-refractivity contribution in [2.45, 2.75) is 46.6 Å². The van der Waals surface area contributed by atoms with Crippen LogP contribution in [0.4, 0.5) is 5.69 Å². The quantitative estimate of drug-likeness (QED) is 0.863. The number of hydrogen-bond donors (Lipinski definition) is 2. The van der Waals surface area contributed by atoms with E-state index in [4.69, 9.17) is 5.73 Å². The lowest BCUT2D eigenvalue weighted by Crippen LogP contribution is -2.46. The Morgan fingerprint density at radius 3 is 2.33 bits per heavy atom. The largest absolute Gasteiger partial charge is 0.396 e. The van der Waals surface area contributed by atoms with Crippen LogP contribution in [0.15, 0.2) is 6.20 Å². The molecule has 102 valence electrons. The maximum Gasteiger partial charge on any atom is 0.274 e. The second kappa shape index (κ2) is 4.63. The Kier molecular flexibility index (Phi) is 3.74. The smallest absolute Gasteiger partial charge is 0.274 e. The highest BCUT2D eigenvalue weighted by molar-refractivity contribution is 5.97. The molecule has 1 heterocycles. The minimum Gasteiger partial charge on any atom is -0.396 e. The van der Waals surface area contributed by atoms with Crippen LogP contribution in [0.5, 0.6) is 0 Å². The summed E-state index contributed by atoms with van der Waals surface area (Å²) in [4.78, 5) is 12.1. The van der Waals surface area contributed by atoms with Crippen molar-refractivity contribution >= 4 is 11.6 Å². The number of hydrogen-bond acceptors (Lipinski definition) is 3. The van der Waals surface area contributed by atoms with E-state index in [1.165, 1.54) is 0 Å². The normalized spacial score (nSPS) is 12.6. The van der Waals surface area contributed by atoms with Crippen LogP contribution in [-0.2, 0) is 7.05 Å². The van der Waals surface area contributed by atoms with Gasteiger partial charge in [-0.25, -0.2) is 0 Å². The minimum atomic E-state index is -0.292. The molecule has 0 unspecified atom stereocenters. The second-order valence-electron chi connectivity index (χ2n) is 6.68. The van der Waals surface area contributed by atoms with Gasteiger partial charge < -0.3 is 11.1 Å². The molecular formula is C13H24N4O. The Morgan fingerprint density at radius 1 is 1.39 bits per heavy atom. The average molecular weight is 252 g/mol. The molecule has 1 rings (SSSR count). The third kappa shape index (κ3) is 4.05. The van der Waals surface area contributed by atoms with E-state index in [2.05, 4.69) is 31.2 Å². The van der Waals surface area contributed by atoms with Crippen LogP contribution in [0.3, 0.4) is 0 Å². The van der Waals surface area contributed by atoms with Crippen molar-refractivity contribution in [3.05, 3.63) is 11.9 Å². The first kappa shape index (κ1) is 14.5. The summed E-state index contributed by atoms with van der Waals surface area (Å²) in [5.74, 6) is -0.220. The molecule has 0 atom stereocenters. The fourth-order valence-corrected chi connectivity index (χ4v) is 2.42. The molecule has 1 aromatic heterocycles. The first-order chi connectivity index (χ1) is 8.00. The van der Waals surface area contributed by atoms with Crippen LogP contribution in [0, 0.1) is 5.41 Å². The molecule has 0 saturated carbocycles. The third-order valence-corrected chi connectivity index (χ3v) is 2.50. The molecule has 18 heavy (non-hydrogen) atoms. The standard InChI is InChI=1S/C13H24N4O/c1-12(2,3)8-13(4,5)15-11(18)10-9(14)7-17(6)16-10/h7H,8,14H2,1-6H3,(H,15,18). The zero-order valence-electron chi connectivity index (χ0n) is 12.2. The number of aryl methyl sites for hydroxylation is 1. The highest BCUT2D eigenvalue weighted by atomic mass is 16.2. The third-order valence-electron chi connectivity index (χ3n) is 2.50. The first-order valence-electron chi connectivity index (χ1n) is 6.12. The van der Waals surface area contributed by atoms with Crippen molar-refractivity contribution in [3.63, 3.8) is 0 Å². The van der Waals surface area contributed by atoms with Gasteiger partial charge in [-0.2, -0.15) is 5.10 Å². The average Bonchev–Trinajstić information content (AvgIpc) is 2.39. The van der Waals surface area contributed by atoms with E-state index in [1.807, 2.05) is 13.8 Å². The highest BCUT2D eigenvalue weighted by Gasteiger charge is 2.28. The molecule has 5 nitrogen and oxygen atoms in total. The van der Waals surface area contributed by atoms with E-state index in [-0.39, 0.29) is 16.9 Å². The lowest BCUT2D eigenvalue weighted by Gasteiger charge is -2.33. The number of nitrogens with two attached hydrogens (primary N) is 1. The Balaban J connectivity index is 2.79. The summed E-state index contributed by atoms with van der Waals surface area (Å²) < 4.78 is 1.54. The molecule has 0 aliphatic heterocycles. The van der Waals surface area contributed by atoms with Crippen molar-refractivity contribution in [2.24, 2.45) is 12.5 Å². The van der Waals surface area contributed by atoms with Crippen molar-refractivity contribution < 1.29 is 4.79 Å². The van der Waals surface area contributed by atoms with Gasteiger partial charge in [-0.05, 0) is 25.7 Å². The number of nitrogen functional groups attached to an aromatic ring is 1. The van der Waals surface area contributed by atoms with E-state index < -0.39 is 0 Å². The predicted molar refractivity (Wildman–Crippen MR) is 73.2 cm³/mol. The summed E-state index contributed by atoms with van der Waals surface area (Å²) in [7, 11) is 1.74. The van der Waals surface area contributed by atoms with Gasteiger partial charge in [0.2, 0.25) is 0 Å². The van der Waals surface area contributed by atoms with E-state index >= 15 is 0 Å². The summed E-state index contributed by atoms with van der Waals surface area (Å²) in [5, 5.41) is 7.06. The van der Waals surface area contributed by atoms with Crippen molar-refractivity contribution in [3.8, 4) is 0 Å². The monoisotopic (exact) mass is 252 g/mol. The van der Waals surface area contributed by atoms with Crippen LogP contribution < -0.4 is 11.1 Å². The number of anilines is 1. The van der Waals surface area contributed by atoms with Gasteiger partial charge in [0.1, 0.15) is 0 Å². The molecule has 0 saturated heterocycles. The molecule has 0 spiro atoms. The molecule has 0 aromatic carbocycles. The van der Waals surface area contributed by atoms with Gasteiger partial charge in [0, 0.05) is 18.8 Å². The van der Waals surface area contributed by atoms with Crippen molar-refractivity contribution in [1.29, 1.82) is 0 Å². The number of aromatic nitrogens is 2. The Bertz CT molecular complexity index is 440. The fourth-order valence-electron chi connectivity index (χ4n) is 2.42. The number of rotatable bonds is 3. The summed E-state index contributed by atoms with van der Waals surface area (Å²) in [6, 6.07) is 0. The van der Waals surface area contributed by atoms with Crippen LogP contribution in [0.25, 0.3) is 0 Å². The van der Waals surface area contributed by atoms with Crippen LogP contribution in [-0.4, -0.2) is 21.2 Å². The second-order valence-corrected chi connectivity index (χ2v) is 6.68. The van der Waals surface area contributed by atoms with Crippen LogP contribution >= 0.6 is 0 Å². The molecule has 5 heteroatoms. The number of amides is 1. The van der Waals surface area contributed by atoms with Gasteiger partial charge in [-0.1, -0.05) is 20.8 Å². The summed E-state index contributed by atoms with van der Waals surface area (Å²) in [5.41, 5.74) is 6.29. The molecule has 1 amide bonds. The maximum absolute atomic E-state index is 12.1. The van der Waals surface area contributed by atoms with Gasteiger partial charge in [-0.15, -0.1) is 0 Å². The topological polar surface area (TPSA) is 72.9 Å². The van der Waals surface area contributed by atoms with Crippen LogP contribution in [0.2, 0.25) is 0 Å². The number of carbonyl (C=O) groups excluding carboxylic acids is 1. The summed E-state index contributed by atoms with van der Waals surface area (Å²) in [6.07, 6.45) is 2.50. The lowest BCUT2D eigenvalue weighted by molar-refractivity contribution is 0.0886. The summed E-state index contributed by atoms with van der Waals surface area (Å²) in [6.45, 7) is 10.5. The van der Waals surface area contributed by atoms with Crippen molar-refractivity contribution in [1.82, 2.24) is 15.1 Å². The molecule has 3 N–H and O–H groups in total. The van der Waals surface area contributed by atoms with Gasteiger partial charge >= 0.3 is 0 Å². The highest BCUT2D eigenvalue weighted by Crippen LogP contribution is 2.27. The van der Waals surface area contributed by atoms with E-state index in [1.54, 1.807) is 17.9 Å². The number of carbonyl (C=O) groups is 1. The Labute approximate surface area is 109 Å². The lowest BCUT2D eigenvalue weighted by atomic mass is 9.82. The Hall–Kier alpha value is -1.52. The number of nitrogens with one attached hydrogen (secondary N) is 1. The molecule has 0 aliphatic rings. The van der Waals surface area contributed by atoms with Gasteiger partial charge in [0.15, 0.2) is 5.69 Å². The fraction of sp³-hybridized carbons (Fsp3) is 0.692. The minimum absolute atomic E-state index is 0.145.